The lowest BCUT2D eigenvalue weighted by atomic mass is 10.2. The van der Waals surface area contributed by atoms with E-state index in [0.29, 0.717) is 0 Å². The minimum atomic E-state index is 0.786. The molecule has 0 spiro atoms. The first-order valence-electron chi connectivity index (χ1n) is 7.17. The third-order valence-electron chi connectivity index (χ3n) is 3.24. The average Bonchev–Trinajstić information content (AvgIpc) is 2.77. The Hall–Kier alpha value is -1.32. The van der Waals surface area contributed by atoms with Gasteiger partial charge in [0, 0.05) is 22.8 Å². The third kappa shape index (κ3) is 4.36. The fraction of sp³-hybridized carbons (Fsp3) is 0.412. The Morgan fingerprint density at radius 2 is 1.85 bits per heavy atom. The van der Waals surface area contributed by atoms with Gasteiger partial charge in [0.25, 0.3) is 0 Å². The molecule has 0 fully saturated rings. The summed E-state index contributed by atoms with van der Waals surface area (Å²) < 4.78 is 5.58. The molecule has 0 bridgehead atoms. The van der Waals surface area contributed by atoms with E-state index < -0.39 is 0 Å². The molecule has 108 valence electrons. The van der Waals surface area contributed by atoms with Gasteiger partial charge in [-0.25, -0.2) is 0 Å². The highest BCUT2D eigenvalue weighted by atomic mass is 32.1. The molecule has 1 heterocycles. The van der Waals surface area contributed by atoms with Crippen molar-refractivity contribution in [2.45, 2.75) is 40.3 Å². The van der Waals surface area contributed by atoms with Crippen molar-refractivity contribution in [3.63, 3.8) is 0 Å². The molecule has 1 N–H and O–H groups in total. The number of aryl methyl sites for hydroxylation is 2. The van der Waals surface area contributed by atoms with Crippen molar-refractivity contribution in [2.75, 3.05) is 6.61 Å². The lowest BCUT2D eigenvalue weighted by molar-refractivity contribution is 0.317. The number of thiophene rings is 1. The van der Waals surface area contributed by atoms with Gasteiger partial charge in [-0.1, -0.05) is 19.1 Å². The van der Waals surface area contributed by atoms with Crippen LogP contribution in [0.15, 0.2) is 30.3 Å². The number of nitrogens with one attached hydrogen (secondary N) is 1. The van der Waals surface area contributed by atoms with Crippen LogP contribution in [-0.4, -0.2) is 6.61 Å². The molecule has 0 aliphatic heterocycles. The number of hydrogen-bond donors (Lipinski definition) is 1. The van der Waals surface area contributed by atoms with Gasteiger partial charge in [-0.15, -0.1) is 11.3 Å². The van der Waals surface area contributed by atoms with Crippen LogP contribution in [0.4, 0.5) is 0 Å². The molecule has 0 atom stereocenters. The van der Waals surface area contributed by atoms with Gasteiger partial charge in [-0.2, -0.15) is 0 Å². The first-order chi connectivity index (χ1) is 9.69. The van der Waals surface area contributed by atoms with Crippen LogP contribution < -0.4 is 10.1 Å². The van der Waals surface area contributed by atoms with Crippen molar-refractivity contribution in [3.05, 3.63) is 51.2 Å². The molecule has 2 aromatic rings. The predicted molar refractivity (Wildman–Crippen MR) is 86.6 cm³/mol. The van der Waals surface area contributed by atoms with Crippen molar-refractivity contribution < 1.29 is 4.74 Å². The van der Waals surface area contributed by atoms with Gasteiger partial charge in [-0.3, -0.25) is 0 Å². The van der Waals surface area contributed by atoms with Crippen molar-refractivity contribution >= 4 is 11.3 Å². The highest BCUT2D eigenvalue weighted by molar-refractivity contribution is 7.12. The lowest BCUT2D eigenvalue weighted by Crippen LogP contribution is -2.11. The molecule has 1 aromatic carbocycles. The van der Waals surface area contributed by atoms with Gasteiger partial charge >= 0.3 is 0 Å². The van der Waals surface area contributed by atoms with E-state index in [1.165, 1.54) is 20.9 Å². The molecular formula is C17H23NOS. The Morgan fingerprint density at radius 3 is 2.45 bits per heavy atom. The van der Waals surface area contributed by atoms with E-state index >= 15 is 0 Å². The predicted octanol–water partition coefficient (Wildman–Crippen LogP) is 4.44. The SMILES string of the molecule is CCCOc1ccc(CNCc2cc(C)c(C)s2)cc1. The summed E-state index contributed by atoms with van der Waals surface area (Å²) in [5.74, 6) is 0.958. The Balaban J connectivity index is 1.79. The van der Waals surface area contributed by atoms with E-state index in [1.54, 1.807) is 0 Å². The molecule has 0 saturated carbocycles. The topological polar surface area (TPSA) is 21.3 Å². The molecule has 2 rings (SSSR count). The van der Waals surface area contributed by atoms with Crippen LogP contribution in [0.5, 0.6) is 5.75 Å². The van der Waals surface area contributed by atoms with Crippen molar-refractivity contribution in [1.29, 1.82) is 0 Å². The molecule has 3 heteroatoms. The van der Waals surface area contributed by atoms with Crippen LogP contribution in [0.2, 0.25) is 0 Å². The molecule has 0 unspecified atom stereocenters. The van der Waals surface area contributed by atoms with Crippen LogP contribution in [-0.2, 0) is 13.1 Å². The molecule has 0 saturated heterocycles. The summed E-state index contributed by atoms with van der Waals surface area (Å²) in [5, 5.41) is 3.49. The van der Waals surface area contributed by atoms with Gasteiger partial charge in [0.15, 0.2) is 0 Å². The fourth-order valence-electron chi connectivity index (χ4n) is 1.99. The molecule has 0 radical (unpaired) electrons. The second-order valence-corrected chi connectivity index (χ2v) is 6.39. The van der Waals surface area contributed by atoms with Crippen molar-refractivity contribution in [3.8, 4) is 5.75 Å². The van der Waals surface area contributed by atoms with E-state index in [1.807, 2.05) is 23.5 Å². The average molecular weight is 289 g/mol. The minimum absolute atomic E-state index is 0.786. The van der Waals surface area contributed by atoms with Gasteiger partial charge in [0.2, 0.25) is 0 Å². The van der Waals surface area contributed by atoms with Gasteiger partial charge < -0.3 is 10.1 Å². The third-order valence-corrected chi connectivity index (χ3v) is 4.39. The van der Waals surface area contributed by atoms with Crippen LogP contribution in [0.3, 0.4) is 0 Å². The van der Waals surface area contributed by atoms with E-state index in [9.17, 15) is 0 Å². The second kappa shape index (κ2) is 7.46. The molecule has 2 nitrogen and oxygen atoms in total. The zero-order chi connectivity index (χ0) is 14.4. The van der Waals surface area contributed by atoms with Crippen LogP contribution >= 0.6 is 11.3 Å². The maximum absolute atomic E-state index is 5.58. The Bertz CT molecular complexity index is 511. The van der Waals surface area contributed by atoms with E-state index in [0.717, 1.165) is 31.9 Å². The van der Waals surface area contributed by atoms with Crippen molar-refractivity contribution in [1.82, 2.24) is 5.32 Å². The lowest BCUT2D eigenvalue weighted by Gasteiger charge is -2.06. The number of benzene rings is 1. The summed E-state index contributed by atoms with van der Waals surface area (Å²) in [6.07, 6.45) is 1.04. The number of ether oxygens (including phenoxy) is 1. The second-order valence-electron chi connectivity index (χ2n) is 5.05. The Labute approximate surface area is 125 Å². The van der Waals surface area contributed by atoms with Gasteiger partial charge in [0.05, 0.1) is 6.61 Å². The first-order valence-corrected chi connectivity index (χ1v) is 7.99. The molecule has 0 aliphatic carbocycles. The number of rotatable bonds is 7. The molecule has 1 aromatic heterocycles. The Kier molecular flexibility index (Phi) is 5.62. The number of hydrogen-bond acceptors (Lipinski definition) is 3. The molecular weight excluding hydrogens is 266 g/mol. The van der Waals surface area contributed by atoms with E-state index in [4.69, 9.17) is 4.74 Å². The molecule has 0 aliphatic rings. The highest BCUT2D eigenvalue weighted by Gasteiger charge is 2.01. The normalized spacial score (nSPS) is 10.8. The zero-order valence-electron chi connectivity index (χ0n) is 12.5. The largest absolute Gasteiger partial charge is 0.494 e. The summed E-state index contributed by atoms with van der Waals surface area (Å²) in [7, 11) is 0. The standard InChI is InChI=1S/C17H23NOS/c1-4-9-19-16-7-5-15(6-8-16)11-18-12-17-10-13(2)14(3)20-17/h5-8,10,18H,4,9,11-12H2,1-3H3. The smallest absolute Gasteiger partial charge is 0.119 e. The van der Waals surface area contributed by atoms with E-state index in [2.05, 4.69) is 44.3 Å². The maximum Gasteiger partial charge on any atom is 0.119 e. The summed E-state index contributed by atoms with van der Waals surface area (Å²) in [6, 6.07) is 10.6. The van der Waals surface area contributed by atoms with Gasteiger partial charge in [0.1, 0.15) is 5.75 Å². The summed E-state index contributed by atoms with van der Waals surface area (Å²) in [6.45, 7) is 9.08. The van der Waals surface area contributed by atoms with Crippen LogP contribution in [0, 0.1) is 13.8 Å². The van der Waals surface area contributed by atoms with Gasteiger partial charge in [-0.05, 0) is 49.6 Å². The molecule has 0 amide bonds. The zero-order valence-corrected chi connectivity index (χ0v) is 13.3. The summed E-state index contributed by atoms with van der Waals surface area (Å²) in [5.41, 5.74) is 2.68. The summed E-state index contributed by atoms with van der Waals surface area (Å²) in [4.78, 5) is 2.82. The molecule has 20 heavy (non-hydrogen) atoms. The quantitative estimate of drug-likeness (QED) is 0.813. The summed E-state index contributed by atoms with van der Waals surface area (Å²) >= 11 is 1.88. The monoisotopic (exact) mass is 289 g/mol. The van der Waals surface area contributed by atoms with Crippen molar-refractivity contribution in [2.24, 2.45) is 0 Å². The van der Waals surface area contributed by atoms with Crippen LogP contribution in [0.1, 0.15) is 34.2 Å². The Morgan fingerprint density at radius 1 is 1.10 bits per heavy atom. The first kappa shape index (κ1) is 15.1. The minimum Gasteiger partial charge on any atom is -0.494 e. The maximum atomic E-state index is 5.58. The van der Waals surface area contributed by atoms with E-state index in [-0.39, 0.29) is 0 Å². The van der Waals surface area contributed by atoms with Crippen LogP contribution in [0.25, 0.3) is 0 Å². The fourth-order valence-corrected chi connectivity index (χ4v) is 3.01. The highest BCUT2D eigenvalue weighted by Crippen LogP contribution is 2.20.